The van der Waals surface area contributed by atoms with Crippen LogP contribution in [0.3, 0.4) is 0 Å². The molecule has 0 saturated heterocycles. The highest BCUT2D eigenvalue weighted by atomic mass is 79.9. The zero-order valence-corrected chi connectivity index (χ0v) is 14.2. The van der Waals surface area contributed by atoms with Gasteiger partial charge in [0.05, 0.1) is 0 Å². The topological polar surface area (TPSA) is 43.8 Å². The summed E-state index contributed by atoms with van der Waals surface area (Å²) in [4.78, 5) is 4.79. The number of benzene rings is 1. The molecule has 2 aromatic rings. The fraction of sp³-hybridized carbons (Fsp3) is 0.438. The Hall–Kier alpha value is -1.29. The van der Waals surface area contributed by atoms with Crippen LogP contribution in [0.2, 0.25) is 0 Å². The summed E-state index contributed by atoms with van der Waals surface area (Å²) < 4.78 is 3.24. The molecule has 1 aromatic heterocycles. The lowest BCUT2D eigenvalue weighted by molar-refractivity contribution is 0.616. The van der Waals surface area contributed by atoms with E-state index < -0.39 is 0 Å². The molecule has 0 aliphatic carbocycles. The first kappa shape index (κ1) is 15.1. The second-order valence-corrected chi connectivity index (χ2v) is 6.33. The first-order chi connectivity index (χ1) is 9.45. The smallest absolute Gasteiger partial charge is 0.131 e. The van der Waals surface area contributed by atoms with Crippen molar-refractivity contribution in [2.45, 2.75) is 46.6 Å². The minimum atomic E-state index is 0.367. The van der Waals surface area contributed by atoms with E-state index >= 15 is 0 Å². The van der Waals surface area contributed by atoms with Crippen molar-refractivity contribution in [2.24, 2.45) is 0 Å². The van der Waals surface area contributed by atoms with Gasteiger partial charge in [-0.25, -0.2) is 4.98 Å². The van der Waals surface area contributed by atoms with E-state index in [9.17, 15) is 0 Å². The summed E-state index contributed by atoms with van der Waals surface area (Å²) >= 11 is 3.58. The Morgan fingerprint density at radius 1 is 1.35 bits per heavy atom. The second-order valence-electron chi connectivity index (χ2n) is 5.47. The van der Waals surface area contributed by atoms with Crippen molar-refractivity contribution in [3.63, 3.8) is 0 Å². The summed E-state index contributed by atoms with van der Waals surface area (Å²) in [5.74, 6) is 2.20. The summed E-state index contributed by atoms with van der Waals surface area (Å²) in [6, 6.07) is 6.26. The van der Waals surface area contributed by atoms with Crippen LogP contribution < -0.4 is 5.73 Å². The molecule has 2 N–H and O–H groups in total. The Bertz CT molecular complexity index is 614. The molecule has 0 aliphatic heterocycles. The number of halogens is 1. The zero-order valence-electron chi connectivity index (χ0n) is 12.6. The molecule has 20 heavy (non-hydrogen) atoms. The summed E-state index contributed by atoms with van der Waals surface area (Å²) in [7, 11) is 0. The molecule has 0 bridgehead atoms. The summed E-state index contributed by atoms with van der Waals surface area (Å²) in [5, 5.41) is 0. The van der Waals surface area contributed by atoms with Crippen LogP contribution in [0, 0.1) is 6.92 Å². The summed E-state index contributed by atoms with van der Waals surface area (Å²) in [6.45, 7) is 9.46. The number of hydrogen-bond donors (Lipinski definition) is 1. The lowest BCUT2D eigenvalue weighted by Gasteiger charge is -2.10. The molecule has 3 nitrogen and oxygen atoms in total. The largest absolute Gasteiger partial charge is 0.383 e. The Labute approximate surface area is 129 Å². The van der Waals surface area contributed by atoms with Crippen LogP contribution in [0.4, 0.5) is 5.82 Å². The Morgan fingerprint density at radius 3 is 2.60 bits per heavy atom. The van der Waals surface area contributed by atoms with E-state index in [-0.39, 0.29) is 0 Å². The third-order valence-electron chi connectivity index (χ3n) is 3.45. The van der Waals surface area contributed by atoms with Gasteiger partial charge in [0.2, 0.25) is 0 Å². The number of nitrogens with zero attached hydrogens (tertiary/aromatic N) is 2. The summed E-state index contributed by atoms with van der Waals surface area (Å²) in [6.07, 6.45) is 1.05. The van der Waals surface area contributed by atoms with Crippen molar-refractivity contribution < 1.29 is 0 Å². The van der Waals surface area contributed by atoms with Gasteiger partial charge in [-0.15, -0.1) is 0 Å². The average molecular weight is 336 g/mol. The van der Waals surface area contributed by atoms with E-state index in [2.05, 4.69) is 66.4 Å². The number of nitrogens with two attached hydrogens (primary N) is 1. The van der Waals surface area contributed by atoms with Crippen LogP contribution in [-0.2, 0) is 6.54 Å². The molecule has 0 amide bonds. The number of imidazole rings is 1. The van der Waals surface area contributed by atoms with Gasteiger partial charge in [-0.2, -0.15) is 0 Å². The van der Waals surface area contributed by atoms with E-state index in [1.807, 2.05) is 0 Å². The lowest BCUT2D eigenvalue weighted by Crippen LogP contribution is -2.08. The van der Waals surface area contributed by atoms with E-state index in [0.717, 1.165) is 40.3 Å². The minimum absolute atomic E-state index is 0.367. The third kappa shape index (κ3) is 2.75. The molecular formula is C16H22BrN3. The van der Waals surface area contributed by atoms with Crippen LogP contribution in [0.5, 0.6) is 0 Å². The Balaban J connectivity index is 2.56. The molecule has 0 fully saturated rings. The molecule has 0 spiro atoms. The highest BCUT2D eigenvalue weighted by molar-refractivity contribution is 9.10. The van der Waals surface area contributed by atoms with Gasteiger partial charge in [0, 0.05) is 22.5 Å². The van der Waals surface area contributed by atoms with Gasteiger partial charge in [-0.3, -0.25) is 0 Å². The lowest BCUT2D eigenvalue weighted by atomic mass is 10.1. The van der Waals surface area contributed by atoms with E-state index in [1.165, 1.54) is 5.56 Å². The van der Waals surface area contributed by atoms with Crippen molar-refractivity contribution in [1.29, 1.82) is 0 Å². The first-order valence-electron chi connectivity index (χ1n) is 7.08. The number of hydrogen-bond acceptors (Lipinski definition) is 2. The van der Waals surface area contributed by atoms with Crippen LogP contribution in [0.1, 0.15) is 44.5 Å². The Morgan fingerprint density at radius 2 is 2.05 bits per heavy atom. The van der Waals surface area contributed by atoms with Gasteiger partial charge < -0.3 is 10.3 Å². The molecular weight excluding hydrogens is 314 g/mol. The molecule has 0 atom stereocenters. The van der Waals surface area contributed by atoms with Gasteiger partial charge in [-0.05, 0) is 25.0 Å². The normalized spacial score (nSPS) is 11.3. The molecule has 0 radical (unpaired) electrons. The van der Waals surface area contributed by atoms with Gasteiger partial charge >= 0.3 is 0 Å². The summed E-state index contributed by atoms with van der Waals surface area (Å²) in [5.41, 5.74) is 9.50. The predicted molar refractivity (Wildman–Crippen MR) is 88.9 cm³/mol. The van der Waals surface area contributed by atoms with Crippen LogP contribution in [0.25, 0.3) is 11.3 Å². The van der Waals surface area contributed by atoms with Crippen LogP contribution >= 0.6 is 15.9 Å². The first-order valence-corrected chi connectivity index (χ1v) is 7.87. The number of aryl methyl sites for hydroxylation is 1. The molecule has 1 aromatic carbocycles. The maximum Gasteiger partial charge on any atom is 0.131 e. The number of aromatic nitrogens is 2. The van der Waals surface area contributed by atoms with Crippen molar-refractivity contribution in [3.8, 4) is 11.3 Å². The number of anilines is 1. The molecule has 2 rings (SSSR count). The fourth-order valence-corrected chi connectivity index (χ4v) is 2.71. The molecule has 1 heterocycles. The number of rotatable bonds is 4. The SMILES string of the molecule is CCCn1c(C(C)C)nc(-c2ccc(C)c(Br)c2)c1N. The standard InChI is InChI=1S/C16H22BrN3/c1-5-8-20-15(18)14(19-16(20)10(2)3)12-7-6-11(4)13(17)9-12/h6-7,9-10H,5,8,18H2,1-4H3. The monoisotopic (exact) mass is 335 g/mol. The van der Waals surface area contributed by atoms with Crippen molar-refractivity contribution in [3.05, 3.63) is 34.1 Å². The predicted octanol–water partition coefficient (Wildman–Crippen LogP) is 4.74. The highest BCUT2D eigenvalue weighted by Crippen LogP contribution is 2.32. The number of nitrogen functional groups attached to an aromatic ring is 1. The maximum atomic E-state index is 6.33. The molecule has 0 aliphatic rings. The van der Waals surface area contributed by atoms with Crippen LogP contribution in [0.15, 0.2) is 22.7 Å². The molecule has 108 valence electrons. The van der Waals surface area contributed by atoms with Crippen LogP contribution in [-0.4, -0.2) is 9.55 Å². The van der Waals surface area contributed by atoms with Gasteiger partial charge in [0.1, 0.15) is 17.3 Å². The fourth-order valence-electron chi connectivity index (χ4n) is 2.34. The van der Waals surface area contributed by atoms with E-state index in [1.54, 1.807) is 0 Å². The minimum Gasteiger partial charge on any atom is -0.383 e. The quantitative estimate of drug-likeness (QED) is 0.877. The molecule has 0 unspecified atom stereocenters. The second kappa shape index (κ2) is 6.00. The maximum absolute atomic E-state index is 6.33. The van der Waals surface area contributed by atoms with Gasteiger partial charge in [0.15, 0.2) is 0 Å². The third-order valence-corrected chi connectivity index (χ3v) is 4.30. The molecule has 0 saturated carbocycles. The highest BCUT2D eigenvalue weighted by Gasteiger charge is 2.18. The van der Waals surface area contributed by atoms with Gasteiger partial charge in [0.25, 0.3) is 0 Å². The van der Waals surface area contributed by atoms with E-state index in [4.69, 9.17) is 10.7 Å². The van der Waals surface area contributed by atoms with E-state index in [0.29, 0.717) is 5.92 Å². The van der Waals surface area contributed by atoms with Gasteiger partial charge in [-0.1, -0.05) is 48.8 Å². The molecule has 4 heteroatoms. The zero-order chi connectivity index (χ0) is 14.9. The Kier molecular flexibility index (Phi) is 4.53. The van der Waals surface area contributed by atoms with Crippen molar-refractivity contribution >= 4 is 21.7 Å². The van der Waals surface area contributed by atoms with Crippen molar-refractivity contribution in [1.82, 2.24) is 9.55 Å². The average Bonchev–Trinajstić information content (AvgIpc) is 2.72. The van der Waals surface area contributed by atoms with Crippen molar-refractivity contribution in [2.75, 3.05) is 5.73 Å².